The SMILES string of the molecule is CC[C@@H](NC(=O)c1coc(COc2ccc3sc(C)nc3c2)n1)C(=O)NC. The molecule has 0 spiro atoms. The van der Waals surface area contributed by atoms with Crippen molar-refractivity contribution >= 4 is 33.4 Å². The van der Waals surface area contributed by atoms with E-state index in [1.807, 2.05) is 32.0 Å². The van der Waals surface area contributed by atoms with Crippen LogP contribution in [0.4, 0.5) is 0 Å². The third-order valence-electron chi connectivity index (χ3n) is 3.89. The molecule has 0 saturated carbocycles. The van der Waals surface area contributed by atoms with Crippen LogP contribution in [0.15, 0.2) is 28.9 Å². The van der Waals surface area contributed by atoms with E-state index in [0.29, 0.717) is 12.2 Å². The van der Waals surface area contributed by atoms with Crippen LogP contribution in [0.25, 0.3) is 10.2 Å². The molecule has 0 aliphatic carbocycles. The van der Waals surface area contributed by atoms with Gasteiger partial charge in [-0.15, -0.1) is 11.3 Å². The summed E-state index contributed by atoms with van der Waals surface area (Å²) < 4.78 is 12.1. The number of hydrogen-bond acceptors (Lipinski definition) is 7. The molecule has 3 aromatic rings. The highest BCUT2D eigenvalue weighted by Crippen LogP contribution is 2.25. The second-order valence-corrected chi connectivity index (χ2v) is 7.06. The van der Waals surface area contributed by atoms with Crippen molar-refractivity contribution in [1.82, 2.24) is 20.6 Å². The number of rotatable bonds is 7. The van der Waals surface area contributed by atoms with Gasteiger partial charge >= 0.3 is 0 Å². The summed E-state index contributed by atoms with van der Waals surface area (Å²) in [5.41, 5.74) is 0.976. The summed E-state index contributed by atoms with van der Waals surface area (Å²) in [5.74, 6) is 0.177. The number of oxazole rings is 1. The molecule has 2 heterocycles. The van der Waals surface area contributed by atoms with Crippen molar-refractivity contribution in [3.63, 3.8) is 0 Å². The van der Waals surface area contributed by atoms with Crippen LogP contribution in [0.3, 0.4) is 0 Å². The van der Waals surface area contributed by atoms with Gasteiger partial charge in [0.05, 0.1) is 15.2 Å². The summed E-state index contributed by atoms with van der Waals surface area (Å²) in [5, 5.41) is 6.12. The van der Waals surface area contributed by atoms with Crippen LogP contribution in [0.5, 0.6) is 5.75 Å². The molecule has 142 valence electrons. The summed E-state index contributed by atoms with van der Waals surface area (Å²) in [7, 11) is 1.52. The largest absolute Gasteiger partial charge is 0.484 e. The van der Waals surface area contributed by atoms with Crippen molar-refractivity contribution in [3.05, 3.63) is 41.1 Å². The van der Waals surface area contributed by atoms with Gasteiger partial charge in [0.15, 0.2) is 12.3 Å². The molecule has 0 radical (unpaired) electrons. The molecule has 1 aromatic carbocycles. The third-order valence-corrected chi connectivity index (χ3v) is 4.84. The molecule has 3 rings (SSSR count). The second kappa shape index (κ2) is 8.17. The Labute approximate surface area is 160 Å². The number of hydrogen-bond donors (Lipinski definition) is 2. The number of ether oxygens (including phenoxy) is 1. The first-order chi connectivity index (χ1) is 13.0. The Kier molecular flexibility index (Phi) is 5.70. The van der Waals surface area contributed by atoms with Gasteiger partial charge in [-0.25, -0.2) is 9.97 Å². The van der Waals surface area contributed by atoms with E-state index in [1.165, 1.54) is 13.3 Å². The molecule has 2 amide bonds. The molecule has 0 aliphatic heterocycles. The number of amides is 2. The zero-order chi connectivity index (χ0) is 19.4. The molecule has 27 heavy (non-hydrogen) atoms. The van der Waals surface area contributed by atoms with Gasteiger partial charge in [-0.3, -0.25) is 9.59 Å². The summed E-state index contributed by atoms with van der Waals surface area (Å²) in [6.45, 7) is 3.84. The van der Waals surface area contributed by atoms with Gasteiger partial charge in [0, 0.05) is 13.1 Å². The maximum atomic E-state index is 12.2. The monoisotopic (exact) mass is 388 g/mol. The number of thiazole rings is 1. The van der Waals surface area contributed by atoms with Crippen molar-refractivity contribution < 1.29 is 18.7 Å². The van der Waals surface area contributed by atoms with Crippen LogP contribution < -0.4 is 15.4 Å². The lowest BCUT2D eigenvalue weighted by molar-refractivity contribution is -0.122. The molecule has 0 fully saturated rings. The van der Waals surface area contributed by atoms with E-state index in [-0.39, 0.29) is 24.1 Å². The number of nitrogens with zero attached hydrogens (tertiary/aromatic N) is 2. The molecule has 1 atom stereocenters. The predicted molar refractivity (Wildman–Crippen MR) is 101 cm³/mol. The Morgan fingerprint density at radius 3 is 2.89 bits per heavy atom. The Balaban J connectivity index is 1.61. The van der Waals surface area contributed by atoms with Crippen molar-refractivity contribution in [3.8, 4) is 5.75 Å². The first-order valence-electron chi connectivity index (χ1n) is 8.47. The molecular formula is C18H20N4O4S. The highest BCUT2D eigenvalue weighted by atomic mass is 32.1. The van der Waals surface area contributed by atoms with E-state index in [4.69, 9.17) is 9.15 Å². The fourth-order valence-electron chi connectivity index (χ4n) is 2.50. The highest BCUT2D eigenvalue weighted by molar-refractivity contribution is 7.18. The molecule has 2 N–H and O–H groups in total. The average Bonchev–Trinajstić information content (AvgIpc) is 3.28. The highest BCUT2D eigenvalue weighted by Gasteiger charge is 2.20. The standard InChI is InChI=1S/C18H20N4O4S/c1-4-12(17(23)19-3)22-18(24)14-8-26-16(21-14)9-25-11-5-6-15-13(7-11)20-10(2)27-15/h5-8,12H,4,9H2,1-3H3,(H,19,23)(H,22,24)/t12-/m1/s1. The molecule has 9 heteroatoms. The zero-order valence-corrected chi connectivity index (χ0v) is 16.1. The normalized spacial score (nSPS) is 12.0. The molecule has 0 bridgehead atoms. The van der Waals surface area contributed by atoms with Gasteiger partial charge in [0.25, 0.3) is 5.91 Å². The number of aromatic nitrogens is 2. The zero-order valence-electron chi connectivity index (χ0n) is 15.2. The van der Waals surface area contributed by atoms with Gasteiger partial charge in [-0.1, -0.05) is 6.92 Å². The van der Waals surface area contributed by atoms with Crippen LogP contribution >= 0.6 is 11.3 Å². The van der Waals surface area contributed by atoms with Crippen LogP contribution in [0.1, 0.15) is 34.7 Å². The average molecular weight is 388 g/mol. The number of nitrogens with one attached hydrogen (secondary N) is 2. The first kappa shape index (κ1) is 18.8. The summed E-state index contributed by atoms with van der Waals surface area (Å²) >= 11 is 1.62. The van der Waals surface area contributed by atoms with E-state index >= 15 is 0 Å². The number of carbonyl (C=O) groups excluding carboxylic acids is 2. The van der Waals surface area contributed by atoms with Gasteiger partial charge in [-0.2, -0.15) is 0 Å². The van der Waals surface area contributed by atoms with Crippen LogP contribution in [-0.2, 0) is 11.4 Å². The number of carbonyl (C=O) groups is 2. The topological polar surface area (TPSA) is 106 Å². The lowest BCUT2D eigenvalue weighted by atomic mass is 10.2. The van der Waals surface area contributed by atoms with E-state index in [0.717, 1.165) is 15.2 Å². The molecule has 8 nitrogen and oxygen atoms in total. The smallest absolute Gasteiger partial charge is 0.273 e. The second-order valence-electron chi connectivity index (χ2n) is 5.83. The molecular weight excluding hydrogens is 368 g/mol. The minimum atomic E-state index is -0.618. The van der Waals surface area contributed by atoms with Crippen molar-refractivity contribution in [2.75, 3.05) is 7.05 Å². The predicted octanol–water partition coefficient (Wildman–Crippen LogP) is 2.43. The Morgan fingerprint density at radius 2 is 2.15 bits per heavy atom. The summed E-state index contributed by atoms with van der Waals surface area (Å²) in [6.07, 6.45) is 1.72. The maximum Gasteiger partial charge on any atom is 0.273 e. The van der Waals surface area contributed by atoms with Gasteiger partial charge < -0.3 is 19.8 Å². The lowest BCUT2D eigenvalue weighted by Crippen LogP contribution is -2.45. The van der Waals surface area contributed by atoms with Gasteiger partial charge in [0.2, 0.25) is 11.8 Å². The van der Waals surface area contributed by atoms with Gasteiger partial charge in [-0.05, 0) is 25.5 Å². The molecule has 0 unspecified atom stereocenters. The van der Waals surface area contributed by atoms with Gasteiger partial charge in [0.1, 0.15) is 18.1 Å². The van der Waals surface area contributed by atoms with E-state index in [2.05, 4.69) is 20.6 Å². The number of aryl methyl sites for hydroxylation is 1. The number of benzene rings is 1. The van der Waals surface area contributed by atoms with E-state index < -0.39 is 11.9 Å². The summed E-state index contributed by atoms with van der Waals surface area (Å²) in [6, 6.07) is 5.04. The summed E-state index contributed by atoms with van der Waals surface area (Å²) in [4.78, 5) is 32.4. The van der Waals surface area contributed by atoms with E-state index in [1.54, 1.807) is 11.3 Å². The van der Waals surface area contributed by atoms with Crippen LogP contribution in [0, 0.1) is 6.92 Å². The fourth-order valence-corrected chi connectivity index (χ4v) is 3.31. The lowest BCUT2D eigenvalue weighted by Gasteiger charge is -2.13. The third kappa shape index (κ3) is 4.43. The van der Waals surface area contributed by atoms with Crippen LogP contribution in [-0.4, -0.2) is 34.9 Å². The van der Waals surface area contributed by atoms with Crippen molar-refractivity contribution in [2.45, 2.75) is 32.9 Å². The molecule has 0 saturated heterocycles. The first-order valence-corrected chi connectivity index (χ1v) is 9.28. The number of likely N-dealkylation sites (N-methyl/N-ethyl adjacent to an activating group) is 1. The maximum absolute atomic E-state index is 12.2. The molecule has 0 aliphatic rings. The van der Waals surface area contributed by atoms with Crippen molar-refractivity contribution in [1.29, 1.82) is 0 Å². The van der Waals surface area contributed by atoms with Crippen molar-refractivity contribution in [2.24, 2.45) is 0 Å². The number of fused-ring (bicyclic) bond motifs is 1. The Morgan fingerprint density at radius 1 is 1.33 bits per heavy atom. The fraction of sp³-hybridized carbons (Fsp3) is 0.333. The molecule has 2 aromatic heterocycles. The minimum Gasteiger partial charge on any atom is -0.484 e. The Hall–Kier alpha value is -2.94. The quantitative estimate of drug-likeness (QED) is 0.644. The van der Waals surface area contributed by atoms with Crippen LogP contribution in [0.2, 0.25) is 0 Å². The van der Waals surface area contributed by atoms with E-state index in [9.17, 15) is 9.59 Å². The Bertz CT molecular complexity index is 965. The minimum absolute atomic E-state index is 0.0779.